The highest BCUT2D eigenvalue weighted by molar-refractivity contribution is 7.89. The van der Waals surface area contributed by atoms with Crippen LogP contribution in [0.1, 0.15) is 25.0 Å². The fourth-order valence-electron chi connectivity index (χ4n) is 3.29. The minimum absolute atomic E-state index is 0.0356. The topological polar surface area (TPSA) is 67.9 Å². The van der Waals surface area contributed by atoms with Crippen LogP contribution in [0.3, 0.4) is 0 Å². The second-order valence-electron chi connectivity index (χ2n) is 6.85. The van der Waals surface area contributed by atoms with Crippen molar-refractivity contribution in [2.75, 3.05) is 39.4 Å². The predicted molar refractivity (Wildman–Crippen MR) is 109 cm³/mol. The van der Waals surface area contributed by atoms with E-state index in [1.807, 2.05) is 18.2 Å². The number of sulfonamides is 1. The fraction of sp³-hybridized carbons (Fsp3) is 0.429. The molecule has 1 aliphatic heterocycles. The van der Waals surface area contributed by atoms with Crippen molar-refractivity contribution >= 4 is 10.0 Å². The number of halogens is 1. The molecule has 2 aromatic carbocycles. The van der Waals surface area contributed by atoms with Crippen LogP contribution in [0.15, 0.2) is 53.4 Å². The molecule has 0 bridgehead atoms. The first-order chi connectivity index (χ1) is 14.0. The van der Waals surface area contributed by atoms with E-state index < -0.39 is 15.8 Å². The molecule has 1 unspecified atom stereocenters. The summed E-state index contributed by atoms with van der Waals surface area (Å²) < 4.78 is 52.2. The summed E-state index contributed by atoms with van der Waals surface area (Å²) in [6.07, 6.45) is 0.689. The van der Waals surface area contributed by atoms with Gasteiger partial charge in [-0.05, 0) is 43.7 Å². The van der Waals surface area contributed by atoms with Crippen molar-refractivity contribution in [2.45, 2.75) is 24.3 Å². The second kappa shape index (κ2) is 10.2. The van der Waals surface area contributed by atoms with Gasteiger partial charge in [-0.3, -0.25) is 4.90 Å². The van der Waals surface area contributed by atoms with Crippen molar-refractivity contribution in [2.24, 2.45) is 0 Å². The normalized spacial score (nSPS) is 17.9. The molecule has 158 valence electrons. The van der Waals surface area contributed by atoms with E-state index in [0.717, 1.165) is 31.3 Å². The maximum Gasteiger partial charge on any atom is 0.240 e. The summed E-state index contributed by atoms with van der Waals surface area (Å²) in [4.78, 5) is 2.17. The third-order valence-electron chi connectivity index (χ3n) is 4.78. The van der Waals surface area contributed by atoms with Gasteiger partial charge in [-0.1, -0.05) is 30.3 Å². The standard InChI is InChI=1S/C21H27FN2O4S/c1-2-27-20-10-9-18(15-19(20)22)29(25,26)23-11-6-12-24-13-14-28-21(16-24)17-7-4-3-5-8-17/h3-5,7-10,15,21,23H,2,6,11-14,16H2,1H3. The van der Waals surface area contributed by atoms with Crippen molar-refractivity contribution in [1.29, 1.82) is 0 Å². The summed E-state index contributed by atoms with van der Waals surface area (Å²) >= 11 is 0. The van der Waals surface area contributed by atoms with Gasteiger partial charge in [-0.2, -0.15) is 0 Å². The first kappa shape index (κ1) is 21.7. The van der Waals surface area contributed by atoms with Crippen molar-refractivity contribution in [3.63, 3.8) is 0 Å². The second-order valence-corrected chi connectivity index (χ2v) is 8.61. The third-order valence-corrected chi connectivity index (χ3v) is 6.24. The molecular formula is C21H27FN2O4S. The van der Waals surface area contributed by atoms with Gasteiger partial charge in [0.15, 0.2) is 11.6 Å². The Morgan fingerprint density at radius 2 is 2.03 bits per heavy atom. The van der Waals surface area contributed by atoms with Crippen molar-refractivity contribution in [3.05, 3.63) is 59.9 Å². The average molecular weight is 423 g/mol. The Balaban J connectivity index is 1.47. The van der Waals surface area contributed by atoms with Crippen LogP contribution < -0.4 is 9.46 Å². The van der Waals surface area contributed by atoms with Gasteiger partial charge in [-0.15, -0.1) is 0 Å². The van der Waals surface area contributed by atoms with E-state index in [9.17, 15) is 12.8 Å². The molecule has 0 saturated carbocycles. The molecule has 0 aromatic heterocycles. The van der Waals surface area contributed by atoms with Gasteiger partial charge in [0.25, 0.3) is 0 Å². The molecule has 0 radical (unpaired) electrons. The Bertz CT molecular complexity index is 893. The lowest BCUT2D eigenvalue weighted by Gasteiger charge is -2.33. The molecule has 1 atom stereocenters. The highest BCUT2D eigenvalue weighted by Gasteiger charge is 2.22. The first-order valence-corrected chi connectivity index (χ1v) is 11.3. The lowest BCUT2D eigenvalue weighted by molar-refractivity contribution is -0.0300. The van der Waals surface area contributed by atoms with Gasteiger partial charge in [0, 0.05) is 19.6 Å². The number of ether oxygens (including phenoxy) is 2. The maximum absolute atomic E-state index is 13.9. The smallest absolute Gasteiger partial charge is 0.240 e. The van der Waals surface area contributed by atoms with E-state index >= 15 is 0 Å². The molecule has 1 saturated heterocycles. The van der Waals surface area contributed by atoms with Crippen LogP contribution in [0.25, 0.3) is 0 Å². The summed E-state index contributed by atoms with van der Waals surface area (Å²) in [5.41, 5.74) is 1.15. The number of benzene rings is 2. The molecule has 1 aliphatic rings. The van der Waals surface area contributed by atoms with Crippen LogP contribution in [-0.4, -0.2) is 52.7 Å². The quantitative estimate of drug-likeness (QED) is 0.630. The summed E-state index contributed by atoms with van der Waals surface area (Å²) in [6, 6.07) is 13.8. The Kier molecular flexibility index (Phi) is 7.60. The minimum atomic E-state index is -3.76. The monoisotopic (exact) mass is 422 g/mol. The molecule has 6 nitrogen and oxygen atoms in total. The highest BCUT2D eigenvalue weighted by Crippen LogP contribution is 2.22. The van der Waals surface area contributed by atoms with E-state index in [0.29, 0.717) is 19.6 Å². The SMILES string of the molecule is CCOc1ccc(S(=O)(=O)NCCCN2CCOC(c3ccccc3)C2)cc1F. The molecule has 1 heterocycles. The molecular weight excluding hydrogens is 395 g/mol. The number of morpholine rings is 1. The Morgan fingerprint density at radius 1 is 1.24 bits per heavy atom. The van der Waals surface area contributed by atoms with Crippen LogP contribution >= 0.6 is 0 Å². The molecule has 0 amide bonds. The average Bonchev–Trinajstić information content (AvgIpc) is 2.74. The van der Waals surface area contributed by atoms with E-state index in [4.69, 9.17) is 9.47 Å². The van der Waals surface area contributed by atoms with E-state index in [-0.39, 0.29) is 23.3 Å². The van der Waals surface area contributed by atoms with Gasteiger partial charge in [0.1, 0.15) is 0 Å². The van der Waals surface area contributed by atoms with Crippen LogP contribution in [0, 0.1) is 5.82 Å². The highest BCUT2D eigenvalue weighted by atomic mass is 32.2. The lowest BCUT2D eigenvalue weighted by atomic mass is 10.1. The van der Waals surface area contributed by atoms with Crippen LogP contribution in [0.4, 0.5) is 4.39 Å². The van der Waals surface area contributed by atoms with E-state index in [1.165, 1.54) is 12.1 Å². The largest absolute Gasteiger partial charge is 0.491 e. The summed E-state index contributed by atoms with van der Waals surface area (Å²) in [7, 11) is -3.76. The number of nitrogens with one attached hydrogen (secondary N) is 1. The van der Waals surface area contributed by atoms with E-state index in [1.54, 1.807) is 6.92 Å². The first-order valence-electron chi connectivity index (χ1n) is 9.80. The molecule has 1 fully saturated rings. The Morgan fingerprint density at radius 3 is 2.76 bits per heavy atom. The third kappa shape index (κ3) is 5.99. The molecule has 29 heavy (non-hydrogen) atoms. The van der Waals surface area contributed by atoms with Crippen molar-refractivity contribution in [3.8, 4) is 5.75 Å². The number of hydrogen-bond donors (Lipinski definition) is 1. The molecule has 0 spiro atoms. The zero-order valence-electron chi connectivity index (χ0n) is 16.5. The number of nitrogens with zero attached hydrogens (tertiary/aromatic N) is 1. The molecule has 3 rings (SSSR count). The molecule has 8 heteroatoms. The van der Waals surface area contributed by atoms with Gasteiger partial charge in [0.05, 0.1) is 24.2 Å². The van der Waals surface area contributed by atoms with Gasteiger partial charge >= 0.3 is 0 Å². The van der Waals surface area contributed by atoms with E-state index in [2.05, 4.69) is 21.8 Å². The summed E-state index contributed by atoms with van der Waals surface area (Å²) in [6.45, 7) is 5.34. The van der Waals surface area contributed by atoms with Gasteiger partial charge < -0.3 is 9.47 Å². The zero-order valence-corrected chi connectivity index (χ0v) is 17.3. The number of hydrogen-bond acceptors (Lipinski definition) is 5. The van der Waals surface area contributed by atoms with Crippen molar-refractivity contribution < 1.29 is 22.3 Å². The molecule has 0 aliphatic carbocycles. The van der Waals surface area contributed by atoms with Gasteiger partial charge in [0.2, 0.25) is 10.0 Å². The molecule has 2 aromatic rings. The summed E-state index contributed by atoms with van der Waals surface area (Å²) in [5.74, 6) is -0.637. The predicted octanol–water partition coefficient (Wildman–Crippen LogP) is 2.97. The molecule has 1 N–H and O–H groups in total. The van der Waals surface area contributed by atoms with Crippen molar-refractivity contribution in [1.82, 2.24) is 9.62 Å². The lowest BCUT2D eigenvalue weighted by Crippen LogP contribution is -2.39. The maximum atomic E-state index is 13.9. The fourth-order valence-corrected chi connectivity index (χ4v) is 4.37. The van der Waals surface area contributed by atoms with Crippen LogP contribution in [0.5, 0.6) is 5.75 Å². The Hall–Kier alpha value is -2.00. The summed E-state index contributed by atoms with van der Waals surface area (Å²) in [5, 5.41) is 0. The Labute approximate surface area is 171 Å². The number of rotatable bonds is 9. The van der Waals surface area contributed by atoms with Crippen LogP contribution in [0.2, 0.25) is 0 Å². The van der Waals surface area contributed by atoms with Crippen LogP contribution in [-0.2, 0) is 14.8 Å². The minimum Gasteiger partial charge on any atom is -0.491 e. The van der Waals surface area contributed by atoms with Gasteiger partial charge in [-0.25, -0.2) is 17.5 Å². The zero-order chi connectivity index (χ0) is 20.7.